The second-order valence-corrected chi connectivity index (χ2v) is 7.02. The van der Waals surface area contributed by atoms with E-state index in [1.165, 1.54) is 0 Å². The van der Waals surface area contributed by atoms with Gasteiger partial charge in [-0.1, -0.05) is 0 Å². The molecule has 0 spiro atoms. The first-order chi connectivity index (χ1) is 9.47. The number of hydrogen-bond donors (Lipinski definition) is 2. The number of hydrogen-bond acceptors (Lipinski definition) is 4. The molecule has 112 valence electrons. The Morgan fingerprint density at radius 3 is 2.55 bits per heavy atom. The molecule has 0 amide bonds. The summed E-state index contributed by atoms with van der Waals surface area (Å²) in [6, 6.07) is 6.51. The molecule has 1 aromatic rings. The van der Waals surface area contributed by atoms with Crippen molar-refractivity contribution in [1.82, 2.24) is 10.0 Å². The Hall–Kier alpha value is -1.11. The Labute approximate surface area is 120 Å². The molecule has 1 saturated heterocycles. The predicted octanol–water partition coefficient (Wildman–Crippen LogP) is 1.50. The molecule has 0 bridgehead atoms. The van der Waals surface area contributed by atoms with Gasteiger partial charge in [-0.15, -0.1) is 0 Å². The fourth-order valence-corrected chi connectivity index (χ4v) is 3.48. The van der Waals surface area contributed by atoms with Gasteiger partial charge in [0.05, 0.1) is 11.0 Å². The molecule has 1 heterocycles. The normalized spacial score (nSPS) is 20.1. The number of piperidine rings is 1. The molecular weight excluding hydrogens is 276 g/mol. The van der Waals surface area contributed by atoms with Crippen LogP contribution < -0.4 is 14.8 Å². The van der Waals surface area contributed by atoms with Crippen molar-refractivity contribution in [2.75, 3.05) is 13.1 Å². The number of sulfonamides is 1. The Bertz CT molecular complexity index is 520. The fraction of sp³-hybridized carbons (Fsp3) is 0.571. The summed E-state index contributed by atoms with van der Waals surface area (Å²) in [5, 5.41) is 3.19. The van der Waals surface area contributed by atoms with E-state index >= 15 is 0 Å². The largest absolute Gasteiger partial charge is 0.491 e. The van der Waals surface area contributed by atoms with Crippen molar-refractivity contribution in [1.29, 1.82) is 0 Å². The lowest BCUT2D eigenvalue weighted by atomic mass is 10.1. The number of rotatable bonds is 5. The maximum absolute atomic E-state index is 12.3. The molecule has 5 nitrogen and oxygen atoms in total. The quantitative estimate of drug-likeness (QED) is 0.864. The minimum atomic E-state index is -3.45. The molecule has 20 heavy (non-hydrogen) atoms. The third-order valence-corrected chi connectivity index (χ3v) is 4.66. The van der Waals surface area contributed by atoms with Gasteiger partial charge in [-0.2, -0.15) is 0 Å². The van der Waals surface area contributed by atoms with E-state index in [1.807, 2.05) is 13.8 Å². The first-order valence-electron chi connectivity index (χ1n) is 6.97. The first-order valence-corrected chi connectivity index (χ1v) is 8.45. The maximum atomic E-state index is 12.3. The van der Waals surface area contributed by atoms with Crippen molar-refractivity contribution in [2.24, 2.45) is 0 Å². The summed E-state index contributed by atoms with van der Waals surface area (Å²) >= 11 is 0. The lowest BCUT2D eigenvalue weighted by molar-refractivity contribution is 0.242. The predicted molar refractivity (Wildman–Crippen MR) is 78.4 cm³/mol. The van der Waals surface area contributed by atoms with Gasteiger partial charge in [-0.25, -0.2) is 13.1 Å². The Morgan fingerprint density at radius 2 is 2.00 bits per heavy atom. The van der Waals surface area contributed by atoms with E-state index in [9.17, 15) is 8.42 Å². The van der Waals surface area contributed by atoms with Gasteiger partial charge in [-0.3, -0.25) is 0 Å². The van der Waals surface area contributed by atoms with Gasteiger partial charge in [0, 0.05) is 12.6 Å². The second-order valence-electron chi connectivity index (χ2n) is 5.30. The summed E-state index contributed by atoms with van der Waals surface area (Å²) in [6.45, 7) is 5.51. The maximum Gasteiger partial charge on any atom is 0.240 e. The summed E-state index contributed by atoms with van der Waals surface area (Å²) in [4.78, 5) is 0.277. The zero-order valence-electron chi connectivity index (χ0n) is 11.9. The van der Waals surface area contributed by atoms with E-state index in [0.717, 1.165) is 19.4 Å². The van der Waals surface area contributed by atoms with Crippen LogP contribution >= 0.6 is 0 Å². The van der Waals surface area contributed by atoms with E-state index in [-0.39, 0.29) is 17.0 Å². The zero-order chi connectivity index (χ0) is 14.6. The van der Waals surface area contributed by atoms with Gasteiger partial charge in [0.25, 0.3) is 0 Å². The molecule has 0 radical (unpaired) electrons. The monoisotopic (exact) mass is 298 g/mol. The fourth-order valence-electron chi connectivity index (χ4n) is 2.21. The average Bonchev–Trinajstić information content (AvgIpc) is 2.39. The molecule has 1 aliphatic heterocycles. The molecule has 0 aliphatic carbocycles. The van der Waals surface area contributed by atoms with E-state index < -0.39 is 10.0 Å². The topological polar surface area (TPSA) is 67.4 Å². The summed E-state index contributed by atoms with van der Waals surface area (Å²) in [5.41, 5.74) is 0. The SMILES string of the molecule is CC(C)Oc1ccc(S(=O)(=O)NC2CCCNC2)cc1. The molecule has 6 heteroatoms. The zero-order valence-corrected chi connectivity index (χ0v) is 12.7. The van der Waals surface area contributed by atoms with E-state index in [1.54, 1.807) is 24.3 Å². The van der Waals surface area contributed by atoms with Crippen molar-refractivity contribution in [3.63, 3.8) is 0 Å². The molecule has 2 rings (SSSR count). The van der Waals surface area contributed by atoms with Gasteiger partial charge >= 0.3 is 0 Å². The highest BCUT2D eigenvalue weighted by atomic mass is 32.2. The molecule has 2 N–H and O–H groups in total. The molecule has 1 fully saturated rings. The lowest BCUT2D eigenvalue weighted by Crippen LogP contribution is -2.45. The van der Waals surface area contributed by atoms with Crippen LogP contribution in [0, 0.1) is 0 Å². The van der Waals surface area contributed by atoms with Crippen molar-refractivity contribution in [3.8, 4) is 5.75 Å². The van der Waals surface area contributed by atoms with Crippen LogP contribution in [0.5, 0.6) is 5.75 Å². The molecular formula is C14H22N2O3S. The summed E-state index contributed by atoms with van der Waals surface area (Å²) in [5.74, 6) is 0.679. The molecule has 1 atom stereocenters. The minimum Gasteiger partial charge on any atom is -0.491 e. The van der Waals surface area contributed by atoms with Crippen LogP contribution in [0.2, 0.25) is 0 Å². The van der Waals surface area contributed by atoms with Gasteiger partial charge in [-0.05, 0) is 57.5 Å². The van der Waals surface area contributed by atoms with E-state index in [0.29, 0.717) is 12.3 Å². The molecule has 0 aromatic heterocycles. The highest BCUT2D eigenvalue weighted by Gasteiger charge is 2.21. The third kappa shape index (κ3) is 4.19. The lowest BCUT2D eigenvalue weighted by Gasteiger charge is -2.23. The minimum absolute atomic E-state index is 0.0275. The number of ether oxygens (including phenoxy) is 1. The van der Waals surface area contributed by atoms with Crippen LogP contribution in [-0.4, -0.2) is 33.7 Å². The van der Waals surface area contributed by atoms with Crippen LogP contribution in [0.25, 0.3) is 0 Å². The van der Waals surface area contributed by atoms with Crippen LogP contribution in [0.1, 0.15) is 26.7 Å². The van der Waals surface area contributed by atoms with Gasteiger partial charge in [0.15, 0.2) is 0 Å². The van der Waals surface area contributed by atoms with Gasteiger partial charge in [0.2, 0.25) is 10.0 Å². The average molecular weight is 298 g/mol. The summed E-state index contributed by atoms with van der Waals surface area (Å²) < 4.78 is 32.8. The van der Waals surface area contributed by atoms with Crippen LogP contribution in [0.4, 0.5) is 0 Å². The van der Waals surface area contributed by atoms with Crippen molar-refractivity contribution in [3.05, 3.63) is 24.3 Å². The Morgan fingerprint density at radius 1 is 1.30 bits per heavy atom. The van der Waals surface area contributed by atoms with Crippen molar-refractivity contribution < 1.29 is 13.2 Å². The number of nitrogens with one attached hydrogen (secondary N) is 2. The highest BCUT2D eigenvalue weighted by Crippen LogP contribution is 2.18. The standard InChI is InChI=1S/C14H22N2O3S/c1-11(2)19-13-5-7-14(8-6-13)20(17,18)16-12-4-3-9-15-10-12/h5-8,11-12,15-16H,3-4,9-10H2,1-2H3. The van der Waals surface area contributed by atoms with Crippen LogP contribution in [0.15, 0.2) is 29.2 Å². The molecule has 1 aromatic carbocycles. The third-order valence-electron chi connectivity index (χ3n) is 3.12. The Balaban J connectivity index is 2.04. The summed E-state index contributed by atoms with van der Waals surface area (Å²) in [7, 11) is -3.45. The number of benzene rings is 1. The van der Waals surface area contributed by atoms with Crippen LogP contribution in [-0.2, 0) is 10.0 Å². The van der Waals surface area contributed by atoms with Crippen molar-refractivity contribution in [2.45, 2.75) is 43.7 Å². The first kappa shape index (κ1) is 15.3. The van der Waals surface area contributed by atoms with E-state index in [2.05, 4.69) is 10.0 Å². The highest BCUT2D eigenvalue weighted by molar-refractivity contribution is 7.89. The Kier molecular flexibility index (Phi) is 5.01. The van der Waals surface area contributed by atoms with Gasteiger partial charge in [0.1, 0.15) is 5.75 Å². The molecule has 1 unspecified atom stereocenters. The van der Waals surface area contributed by atoms with Crippen LogP contribution in [0.3, 0.4) is 0 Å². The van der Waals surface area contributed by atoms with Gasteiger partial charge < -0.3 is 10.1 Å². The summed E-state index contributed by atoms with van der Waals surface area (Å²) in [6.07, 6.45) is 1.94. The molecule has 1 aliphatic rings. The second kappa shape index (κ2) is 6.56. The van der Waals surface area contributed by atoms with Crippen molar-refractivity contribution >= 4 is 10.0 Å². The van der Waals surface area contributed by atoms with E-state index in [4.69, 9.17) is 4.74 Å². The smallest absolute Gasteiger partial charge is 0.240 e. The molecule has 0 saturated carbocycles.